The van der Waals surface area contributed by atoms with E-state index in [-0.39, 0.29) is 0 Å². The highest BCUT2D eigenvalue weighted by Crippen LogP contribution is 2.35. The fraction of sp³-hybridized carbons (Fsp3) is 0.143. The Kier molecular flexibility index (Phi) is 5.37. The van der Waals surface area contributed by atoms with Crippen LogP contribution in [0.25, 0.3) is 10.8 Å². The summed E-state index contributed by atoms with van der Waals surface area (Å²) < 4.78 is 113. The summed E-state index contributed by atoms with van der Waals surface area (Å²) in [4.78, 5) is 0. The van der Waals surface area contributed by atoms with Crippen molar-refractivity contribution in [3.8, 4) is 17.6 Å². The number of hydrogen-bond donors (Lipinski definition) is 0. The molecule has 0 atom stereocenters. The first-order chi connectivity index (χ1) is 13.9. The zero-order chi connectivity index (χ0) is 22.3. The lowest BCUT2D eigenvalue weighted by atomic mass is 10.0. The van der Waals surface area contributed by atoms with Crippen molar-refractivity contribution in [3.63, 3.8) is 0 Å². The highest BCUT2D eigenvalue weighted by atomic mass is 19.4. The first kappa shape index (κ1) is 21.4. The summed E-state index contributed by atoms with van der Waals surface area (Å²) in [6, 6.07) is 6.65. The SMILES string of the molecule is Cc1ccc(C(F)(F)Oc2cc(F)c3c(F)c(C#CC(F)(F)F)c(F)cc3c2)cc1. The molecule has 0 saturated carbocycles. The summed E-state index contributed by atoms with van der Waals surface area (Å²) in [6.45, 7) is 1.68. The van der Waals surface area contributed by atoms with Crippen LogP contribution in [0.3, 0.4) is 0 Å². The van der Waals surface area contributed by atoms with Gasteiger partial charge in [-0.2, -0.15) is 22.0 Å². The molecule has 0 aliphatic rings. The highest BCUT2D eigenvalue weighted by Gasteiger charge is 2.35. The first-order valence-electron chi connectivity index (χ1n) is 8.22. The summed E-state index contributed by atoms with van der Waals surface area (Å²) >= 11 is 0. The molecule has 30 heavy (non-hydrogen) atoms. The quantitative estimate of drug-likeness (QED) is 0.336. The third kappa shape index (κ3) is 4.48. The number of benzene rings is 3. The van der Waals surface area contributed by atoms with Gasteiger partial charge in [0.05, 0.1) is 16.5 Å². The Hall–Kier alpha value is -3.28. The standard InChI is InChI=1S/C21H10F8O/c1-11-2-4-13(5-3-11)21(28,29)30-14-8-12-9-16(22)15(6-7-20(25,26)27)19(24)18(12)17(23)10-14/h2-5,8-10H,1H3. The number of hydrogen-bond acceptors (Lipinski definition) is 1. The summed E-state index contributed by atoms with van der Waals surface area (Å²) in [7, 11) is 0. The van der Waals surface area contributed by atoms with Gasteiger partial charge >= 0.3 is 12.3 Å². The molecule has 0 fully saturated rings. The number of alkyl halides is 5. The fourth-order valence-corrected chi connectivity index (χ4v) is 2.65. The molecule has 0 radical (unpaired) electrons. The largest absolute Gasteiger partial charge is 0.458 e. The summed E-state index contributed by atoms with van der Waals surface area (Å²) in [5.74, 6) is -3.40. The predicted octanol–water partition coefficient (Wildman–Crippen LogP) is 6.61. The lowest BCUT2D eigenvalue weighted by Gasteiger charge is -2.19. The Morgan fingerprint density at radius 3 is 2.07 bits per heavy atom. The summed E-state index contributed by atoms with van der Waals surface area (Å²) in [5, 5.41) is -1.44. The van der Waals surface area contributed by atoms with Gasteiger partial charge in [-0.05, 0) is 36.6 Å². The smallest absolute Gasteiger partial charge is 0.429 e. The number of fused-ring (bicyclic) bond motifs is 1. The molecule has 3 rings (SSSR count). The van der Waals surface area contributed by atoms with Crippen LogP contribution in [0.15, 0.2) is 42.5 Å². The van der Waals surface area contributed by atoms with Crippen LogP contribution in [-0.4, -0.2) is 6.18 Å². The molecular weight excluding hydrogens is 420 g/mol. The van der Waals surface area contributed by atoms with Gasteiger partial charge in [0.2, 0.25) is 0 Å². The van der Waals surface area contributed by atoms with Gasteiger partial charge < -0.3 is 4.74 Å². The average Bonchev–Trinajstić information content (AvgIpc) is 2.59. The predicted molar refractivity (Wildman–Crippen MR) is 92.5 cm³/mol. The molecular formula is C21H10F8O. The van der Waals surface area contributed by atoms with Crippen molar-refractivity contribution < 1.29 is 39.9 Å². The van der Waals surface area contributed by atoms with E-state index in [9.17, 15) is 35.1 Å². The topological polar surface area (TPSA) is 9.23 Å². The first-order valence-corrected chi connectivity index (χ1v) is 8.22. The Bertz CT molecular complexity index is 1170. The van der Waals surface area contributed by atoms with Crippen molar-refractivity contribution in [2.24, 2.45) is 0 Å². The van der Waals surface area contributed by atoms with Crippen LogP contribution in [0.5, 0.6) is 5.75 Å². The van der Waals surface area contributed by atoms with Crippen molar-refractivity contribution >= 4 is 10.8 Å². The number of halogens is 8. The molecule has 0 spiro atoms. The zero-order valence-electron chi connectivity index (χ0n) is 15.0. The molecule has 0 heterocycles. The minimum atomic E-state index is -5.02. The molecule has 0 aliphatic carbocycles. The van der Waals surface area contributed by atoms with Crippen molar-refractivity contribution in [2.45, 2.75) is 19.2 Å². The van der Waals surface area contributed by atoms with Gasteiger partial charge in [-0.3, -0.25) is 0 Å². The van der Waals surface area contributed by atoms with Gasteiger partial charge in [0.25, 0.3) is 0 Å². The van der Waals surface area contributed by atoms with Crippen molar-refractivity contribution in [2.75, 3.05) is 0 Å². The normalized spacial score (nSPS) is 11.9. The summed E-state index contributed by atoms with van der Waals surface area (Å²) in [5.41, 5.74) is -1.12. The zero-order valence-corrected chi connectivity index (χ0v) is 15.0. The third-order valence-electron chi connectivity index (χ3n) is 4.02. The van der Waals surface area contributed by atoms with E-state index in [0.29, 0.717) is 23.6 Å². The van der Waals surface area contributed by atoms with Crippen LogP contribution in [0.1, 0.15) is 16.7 Å². The highest BCUT2D eigenvalue weighted by molar-refractivity contribution is 5.87. The van der Waals surface area contributed by atoms with Crippen LogP contribution in [0, 0.1) is 36.2 Å². The van der Waals surface area contributed by atoms with Crippen LogP contribution in [0.4, 0.5) is 35.1 Å². The summed E-state index contributed by atoms with van der Waals surface area (Å²) in [6.07, 6.45) is -8.91. The fourth-order valence-electron chi connectivity index (χ4n) is 2.65. The average molecular weight is 430 g/mol. The lowest BCUT2D eigenvalue weighted by Crippen LogP contribution is -2.21. The number of rotatable bonds is 3. The van der Waals surface area contributed by atoms with E-state index in [2.05, 4.69) is 4.74 Å². The molecule has 0 N–H and O–H groups in total. The molecule has 3 aromatic rings. The second-order valence-electron chi connectivity index (χ2n) is 6.28. The van der Waals surface area contributed by atoms with Crippen LogP contribution < -0.4 is 4.74 Å². The Balaban J connectivity index is 2.05. The van der Waals surface area contributed by atoms with Crippen LogP contribution in [0.2, 0.25) is 0 Å². The molecule has 3 aromatic carbocycles. The molecule has 0 amide bonds. The molecule has 0 aromatic heterocycles. The Morgan fingerprint density at radius 1 is 0.833 bits per heavy atom. The molecule has 0 aliphatic heterocycles. The molecule has 1 nitrogen and oxygen atoms in total. The molecule has 0 unspecified atom stereocenters. The van der Waals surface area contributed by atoms with E-state index < -0.39 is 57.4 Å². The van der Waals surface area contributed by atoms with E-state index in [0.717, 1.165) is 18.2 Å². The van der Waals surface area contributed by atoms with E-state index in [1.807, 2.05) is 0 Å². The van der Waals surface area contributed by atoms with Crippen LogP contribution in [-0.2, 0) is 6.11 Å². The maximum absolute atomic E-state index is 14.4. The van der Waals surface area contributed by atoms with Gasteiger partial charge in [-0.25, -0.2) is 13.2 Å². The van der Waals surface area contributed by atoms with Gasteiger partial charge in [0.15, 0.2) is 5.82 Å². The van der Waals surface area contributed by atoms with E-state index in [4.69, 9.17) is 0 Å². The van der Waals surface area contributed by atoms with Gasteiger partial charge in [0.1, 0.15) is 17.4 Å². The molecule has 0 saturated heterocycles. The van der Waals surface area contributed by atoms with Crippen LogP contribution >= 0.6 is 0 Å². The third-order valence-corrected chi connectivity index (χ3v) is 4.02. The van der Waals surface area contributed by atoms with E-state index >= 15 is 0 Å². The van der Waals surface area contributed by atoms with Gasteiger partial charge in [-0.1, -0.05) is 23.6 Å². The van der Waals surface area contributed by atoms with Crippen molar-refractivity contribution in [3.05, 3.63) is 76.6 Å². The minimum Gasteiger partial charge on any atom is -0.429 e. The maximum Gasteiger partial charge on any atom is 0.458 e. The number of ether oxygens (including phenoxy) is 1. The Labute approximate surface area is 164 Å². The van der Waals surface area contributed by atoms with E-state index in [1.165, 1.54) is 18.1 Å². The number of aryl methyl sites for hydroxylation is 1. The molecule has 156 valence electrons. The molecule has 9 heteroatoms. The van der Waals surface area contributed by atoms with E-state index in [1.54, 1.807) is 6.92 Å². The van der Waals surface area contributed by atoms with Crippen molar-refractivity contribution in [1.82, 2.24) is 0 Å². The van der Waals surface area contributed by atoms with Gasteiger partial charge in [0, 0.05) is 12.0 Å². The Morgan fingerprint density at radius 2 is 1.47 bits per heavy atom. The lowest BCUT2D eigenvalue weighted by molar-refractivity contribution is -0.185. The monoisotopic (exact) mass is 430 g/mol. The molecule has 0 bridgehead atoms. The second kappa shape index (κ2) is 7.52. The van der Waals surface area contributed by atoms with Gasteiger partial charge in [-0.15, -0.1) is 0 Å². The second-order valence-corrected chi connectivity index (χ2v) is 6.28. The maximum atomic E-state index is 14.4. The van der Waals surface area contributed by atoms with Crippen molar-refractivity contribution in [1.29, 1.82) is 0 Å². The minimum absolute atomic E-state index is 0.423.